The molecule has 3 rings (SSSR count). The molecule has 0 bridgehead atoms. The smallest absolute Gasteiger partial charge is 0.255 e. The Morgan fingerprint density at radius 2 is 1.71 bits per heavy atom. The van der Waals surface area contributed by atoms with Crippen molar-refractivity contribution in [2.75, 3.05) is 5.32 Å². The van der Waals surface area contributed by atoms with Gasteiger partial charge in [0.1, 0.15) is 0 Å². The van der Waals surface area contributed by atoms with Gasteiger partial charge in [-0.15, -0.1) is 0 Å². The third-order valence-electron chi connectivity index (χ3n) is 3.43. The van der Waals surface area contributed by atoms with Crippen LogP contribution in [0.25, 0.3) is 10.9 Å². The molecule has 0 atom stereocenters. The molecule has 1 aromatic heterocycles. The van der Waals surface area contributed by atoms with E-state index in [0.717, 1.165) is 27.8 Å². The van der Waals surface area contributed by atoms with Crippen molar-refractivity contribution in [2.45, 2.75) is 13.8 Å². The fourth-order valence-electron chi connectivity index (χ4n) is 2.27. The number of hydrogen-bond donors (Lipinski definition) is 1. The fraction of sp³-hybridized carbons (Fsp3) is 0.111. The van der Waals surface area contributed by atoms with E-state index in [4.69, 9.17) is 0 Å². The molecule has 0 fully saturated rings. The van der Waals surface area contributed by atoms with Crippen LogP contribution in [0.15, 0.2) is 54.6 Å². The van der Waals surface area contributed by atoms with Crippen LogP contribution in [-0.4, -0.2) is 10.9 Å². The zero-order valence-corrected chi connectivity index (χ0v) is 12.1. The Morgan fingerprint density at radius 1 is 0.952 bits per heavy atom. The minimum absolute atomic E-state index is 0.108. The topological polar surface area (TPSA) is 42.0 Å². The summed E-state index contributed by atoms with van der Waals surface area (Å²) in [7, 11) is 0. The second-order valence-corrected chi connectivity index (χ2v) is 5.15. The molecule has 1 heterocycles. The zero-order valence-electron chi connectivity index (χ0n) is 12.1. The van der Waals surface area contributed by atoms with E-state index in [0.29, 0.717) is 5.56 Å². The van der Waals surface area contributed by atoms with Crippen LogP contribution in [0.3, 0.4) is 0 Å². The number of carbonyl (C=O) groups is 1. The highest BCUT2D eigenvalue weighted by molar-refractivity contribution is 6.08. The van der Waals surface area contributed by atoms with E-state index >= 15 is 0 Å². The van der Waals surface area contributed by atoms with Gasteiger partial charge in [-0.3, -0.25) is 9.78 Å². The van der Waals surface area contributed by atoms with E-state index in [1.807, 2.05) is 68.4 Å². The molecule has 0 spiro atoms. The van der Waals surface area contributed by atoms with Gasteiger partial charge in [-0.1, -0.05) is 23.8 Å². The van der Waals surface area contributed by atoms with Crippen LogP contribution in [0.5, 0.6) is 0 Å². The van der Waals surface area contributed by atoms with Gasteiger partial charge in [-0.05, 0) is 50.2 Å². The number of nitrogens with one attached hydrogen (secondary N) is 1. The molecular formula is C18H16N2O. The van der Waals surface area contributed by atoms with E-state index in [-0.39, 0.29) is 5.91 Å². The number of carbonyl (C=O) groups excluding carboxylic acids is 1. The van der Waals surface area contributed by atoms with Crippen molar-refractivity contribution in [3.05, 3.63) is 71.4 Å². The first kappa shape index (κ1) is 13.3. The molecule has 0 radical (unpaired) electrons. The van der Waals surface area contributed by atoms with Gasteiger partial charge in [-0.25, -0.2) is 0 Å². The number of benzene rings is 2. The second kappa shape index (κ2) is 5.37. The third-order valence-corrected chi connectivity index (χ3v) is 3.43. The minimum Gasteiger partial charge on any atom is -0.321 e. The van der Waals surface area contributed by atoms with E-state index < -0.39 is 0 Å². The van der Waals surface area contributed by atoms with E-state index in [2.05, 4.69) is 10.3 Å². The Bertz CT molecular complexity index is 807. The van der Waals surface area contributed by atoms with Crippen LogP contribution in [0, 0.1) is 13.8 Å². The van der Waals surface area contributed by atoms with Gasteiger partial charge >= 0.3 is 0 Å². The maximum absolute atomic E-state index is 12.3. The van der Waals surface area contributed by atoms with E-state index in [1.54, 1.807) is 0 Å². The Kier molecular flexibility index (Phi) is 3.40. The van der Waals surface area contributed by atoms with Gasteiger partial charge in [-0.2, -0.15) is 0 Å². The van der Waals surface area contributed by atoms with Gasteiger partial charge in [0.15, 0.2) is 0 Å². The Labute approximate surface area is 123 Å². The summed E-state index contributed by atoms with van der Waals surface area (Å²) in [5, 5.41) is 3.91. The molecule has 0 aliphatic carbocycles. The monoisotopic (exact) mass is 276 g/mol. The Hall–Kier alpha value is -2.68. The zero-order chi connectivity index (χ0) is 14.8. The van der Waals surface area contributed by atoms with Crippen LogP contribution in [0.1, 0.15) is 21.6 Å². The van der Waals surface area contributed by atoms with Crippen molar-refractivity contribution in [1.29, 1.82) is 0 Å². The van der Waals surface area contributed by atoms with Crippen LogP contribution in [0.2, 0.25) is 0 Å². The predicted octanol–water partition coefficient (Wildman–Crippen LogP) is 4.10. The quantitative estimate of drug-likeness (QED) is 0.765. The van der Waals surface area contributed by atoms with Crippen LogP contribution >= 0.6 is 0 Å². The molecule has 0 aliphatic rings. The van der Waals surface area contributed by atoms with Crippen molar-refractivity contribution >= 4 is 22.5 Å². The maximum Gasteiger partial charge on any atom is 0.255 e. The number of aromatic nitrogens is 1. The highest BCUT2D eigenvalue weighted by atomic mass is 16.1. The number of rotatable bonds is 2. The lowest BCUT2D eigenvalue weighted by molar-refractivity contribution is 0.102. The van der Waals surface area contributed by atoms with E-state index in [9.17, 15) is 4.79 Å². The summed E-state index contributed by atoms with van der Waals surface area (Å²) in [6.45, 7) is 3.96. The number of fused-ring (bicyclic) bond motifs is 1. The number of pyridine rings is 1. The molecule has 0 aliphatic heterocycles. The Morgan fingerprint density at radius 3 is 2.48 bits per heavy atom. The number of anilines is 1. The number of hydrogen-bond acceptors (Lipinski definition) is 2. The van der Waals surface area contributed by atoms with Crippen molar-refractivity contribution in [3.8, 4) is 0 Å². The van der Waals surface area contributed by atoms with Gasteiger partial charge in [0, 0.05) is 16.6 Å². The molecule has 1 amide bonds. The summed E-state index contributed by atoms with van der Waals surface area (Å²) in [5.74, 6) is -0.108. The third kappa shape index (κ3) is 2.77. The molecule has 1 N–H and O–H groups in total. The van der Waals surface area contributed by atoms with Gasteiger partial charge < -0.3 is 5.32 Å². The predicted molar refractivity (Wildman–Crippen MR) is 85.6 cm³/mol. The second-order valence-electron chi connectivity index (χ2n) is 5.15. The summed E-state index contributed by atoms with van der Waals surface area (Å²) >= 11 is 0. The van der Waals surface area contributed by atoms with Gasteiger partial charge in [0.25, 0.3) is 5.91 Å². The molecule has 104 valence electrons. The minimum atomic E-state index is -0.108. The average molecular weight is 276 g/mol. The van der Waals surface area contributed by atoms with Crippen molar-refractivity contribution in [2.24, 2.45) is 0 Å². The van der Waals surface area contributed by atoms with Crippen LogP contribution in [0.4, 0.5) is 5.69 Å². The molecule has 0 unspecified atom stereocenters. The number of amides is 1. The van der Waals surface area contributed by atoms with Crippen molar-refractivity contribution < 1.29 is 4.79 Å². The van der Waals surface area contributed by atoms with E-state index in [1.165, 1.54) is 0 Å². The summed E-state index contributed by atoms with van der Waals surface area (Å²) < 4.78 is 0. The lowest BCUT2D eigenvalue weighted by Gasteiger charge is -2.09. The normalized spacial score (nSPS) is 10.6. The highest BCUT2D eigenvalue weighted by Gasteiger charge is 2.08. The number of aryl methyl sites for hydroxylation is 2. The molecule has 0 saturated heterocycles. The molecule has 3 nitrogen and oxygen atoms in total. The van der Waals surface area contributed by atoms with Gasteiger partial charge in [0.05, 0.1) is 11.2 Å². The summed E-state index contributed by atoms with van der Waals surface area (Å²) in [5.41, 5.74) is 4.42. The van der Waals surface area contributed by atoms with Crippen molar-refractivity contribution in [1.82, 2.24) is 4.98 Å². The summed E-state index contributed by atoms with van der Waals surface area (Å²) in [6.07, 6.45) is 0. The Balaban J connectivity index is 1.94. The molecule has 3 heteroatoms. The summed E-state index contributed by atoms with van der Waals surface area (Å²) in [6, 6.07) is 17.2. The number of nitrogens with zero attached hydrogens (tertiary/aromatic N) is 1. The molecule has 2 aromatic carbocycles. The maximum atomic E-state index is 12.3. The van der Waals surface area contributed by atoms with Crippen molar-refractivity contribution in [3.63, 3.8) is 0 Å². The fourth-order valence-corrected chi connectivity index (χ4v) is 2.27. The first-order valence-corrected chi connectivity index (χ1v) is 6.88. The average Bonchev–Trinajstić information content (AvgIpc) is 2.47. The summed E-state index contributed by atoms with van der Waals surface area (Å²) in [4.78, 5) is 16.8. The van der Waals surface area contributed by atoms with Crippen LogP contribution in [-0.2, 0) is 0 Å². The van der Waals surface area contributed by atoms with Gasteiger partial charge in [0.2, 0.25) is 0 Å². The lowest BCUT2D eigenvalue weighted by Crippen LogP contribution is -2.12. The molecule has 0 saturated carbocycles. The standard InChI is InChI=1S/C18H16N2O/c1-12-6-9-14(10-7-12)18(21)20-17-5-3-4-16-15(17)11-8-13(2)19-16/h3-11H,1-2H3,(H,20,21). The first-order chi connectivity index (χ1) is 10.1. The van der Waals surface area contributed by atoms with Crippen LogP contribution < -0.4 is 5.32 Å². The SMILES string of the molecule is Cc1ccc(C(=O)Nc2cccc3nc(C)ccc23)cc1. The molecule has 21 heavy (non-hydrogen) atoms. The largest absolute Gasteiger partial charge is 0.321 e. The lowest BCUT2D eigenvalue weighted by atomic mass is 10.1. The molecule has 3 aromatic rings. The first-order valence-electron chi connectivity index (χ1n) is 6.88. The molecular weight excluding hydrogens is 260 g/mol. The highest BCUT2D eigenvalue weighted by Crippen LogP contribution is 2.22.